The summed E-state index contributed by atoms with van der Waals surface area (Å²) in [7, 11) is 0. The Bertz CT molecular complexity index is 875. The van der Waals surface area contributed by atoms with Crippen LogP contribution >= 0.6 is 11.6 Å². The molecule has 3 heterocycles. The molecule has 0 radical (unpaired) electrons. The third kappa shape index (κ3) is 2.78. The fourth-order valence-corrected chi connectivity index (χ4v) is 3.61. The lowest BCUT2D eigenvalue weighted by molar-refractivity contribution is 0.0601. The van der Waals surface area contributed by atoms with E-state index >= 15 is 0 Å². The zero-order valence-electron chi connectivity index (χ0n) is 13.2. The molecular weight excluding hydrogens is 322 g/mol. The van der Waals surface area contributed by atoms with Crippen LogP contribution in [-0.2, 0) is 0 Å². The minimum absolute atomic E-state index is 0.0256. The average Bonchev–Trinajstić information content (AvgIpc) is 3.05. The van der Waals surface area contributed by atoms with Crippen molar-refractivity contribution in [1.29, 1.82) is 0 Å². The molecule has 24 heavy (non-hydrogen) atoms. The van der Waals surface area contributed by atoms with Crippen molar-refractivity contribution in [2.45, 2.75) is 25.3 Å². The lowest BCUT2D eigenvalue weighted by Gasteiger charge is -2.35. The molecule has 3 aromatic rings. The van der Waals surface area contributed by atoms with Crippen LogP contribution in [0, 0.1) is 0 Å². The van der Waals surface area contributed by atoms with Crippen molar-refractivity contribution in [1.82, 2.24) is 14.9 Å². The Morgan fingerprint density at radius 2 is 2.12 bits per heavy atom. The highest BCUT2D eigenvalue weighted by Gasteiger charge is 2.30. The molecule has 1 fully saturated rings. The smallest absolute Gasteiger partial charge is 0.270 e. The molecule has 2 aromatic heterocycles. The molecule has 5 heteroatoms. The van der Waals surface area contributed by atoms with E-state index in [0.717, 1.165) is 42.4 Å². The third-order valence-corrected chi connectivity index (χ3v) is 4.84. The molecule has 0 saturated carbocycles. The summed E-state index contributed by atoms with van der Waals surface area (Å²) in [5.41, 5.74) is 2.49. The third-order valence-electron chi connectivity index (χ3n) is 4.61. The first-order valence-electron chi connectivity index (χ1n) is 8.22. The van der Waals surface area contributed by atoms with E-state index in [1.54, 1.807) is 6.20 Å². The Balaban J connectivity index is 1.67. The summed E-state index contributed by atoms with van der Waals surface area (Å²) in [4.78, 5) is 22.7. The van der Waals surface area contributed by atoms with Crippen molar-refractivity contribution >= 4 is 28.4 Å². The van der Waals surface area contributed by atoms with Gasteiger partial charge < -0.3 is 9.88 Å². The van der Waals surface area contributed by atoms with Gasteiger partial charge in [0.1, 0.15) is 5.69 Å². The summed E-state index contributed by atoms with van der Waals surface area (Å²) in [5, 5.41) is 1.63. The van der Waals surface area contributed by atoms with Crippen LogP contribution < -0.4 is 0 Å². The number of H-pyrrole nitrogens is 1. The van der Waals surface area contributed by atoms with Crippen LogP contribution in [0.3, 0.4) is 0 Å². The number of benzene rings is 1. The number of hydrogen-bond acceptors (Lipinski definition) is 2. The number of aromatic nitrogens is 2. The van der Waals surface area contributed by atoms with Crippen LogP contribution in [0.25, 0.3) is 10.9 Å². The zero-order valence-corrected chi connectivity index (χ0v) is 14.0. The van der Waals surface area contributed by atoms with E-state index in [1.807, 2.05) is 47.4 Å². The summed E-state index contributed by atoms with van der Waals surface area (Å²) in [6.07, 6.45) is 4.89. The van der Waals surface area contributed by atoms with E-state index in [-0.39, 0.29) is 11.9 Å². The van der Waals surface area contributed by atoms with E-state index in [0.29, 0.717) is 10.7 Å². The Hall–Kier alpha value is -2.33. The number of pyridine rings is 1. The molecule has 1 saturated heterocycles. The van der Waals surface area contributed by atoms with Crippen LogP contribution in [0.2, 0.25) is 5.02 Å². The number of nitrogens with zero attached hydrogens (tertiary/aromatic N) is 2. The maximum absolute atomic E-state index is 13.1. The first-order chi connectivity index (χ1) is 11.7. The Morgan fingerprint density at radius 3 is 2.96 bits per heavy atom. The summed E-state index contributed by atoms with van der Waals surface area (Å²) in [6.45, 7) is 0.760. The number of carbonyl (C=O) groups is 1. The summed E-state index contributed by atoms with van der Waals surface area (Å²) in [5.74, 6) is 0.0256. The van der Waals surface area contributed by atoms with Crippen LogP contribution in [0.4, 0.5) is 0 Å². The second-order valence-electron chi connectivity index (χ2n) is 6.18. The monoisotopic (exact) mass is 339 g/mol. The molecule has 0 bridgehead atoms. The SMILES string of the molecule is O=C(c1cc2cc(Cl)ccc2[nH]1)N1CCCCC1c1ccccn1. The van der Waals surface area contributed by atoms with E-state index in [1.165, 1.54) is 0 Å². The quantitative estimate of drug-likeness (QED) is 0.742. The number of amides is 1. The standard InChI is InChI=1S/C19H18ClN3O/c20-14-7-8-15-13(11-14)12-17(22-15)19(24)23-10-4-2-6-18(23)16-5-1-3-9-21-16/h1,3,5,7-9,11-12,18,22H,2,4,6,10H2. The average molecular weight is 340 g/mol. The van der Waals surface area contributed by atoms with Crippen molar-refractivity contribution in [3.05, 3.63) is 65.1 Å². The fraction of sp³-hybridized carbons (Fsp3) is 0.263. The minimum atomic E-state index is 0.0256. The molecule has 4 nitrogen and oxygen atoms in total. The lowest BCUT2D eigenvalue weighted by atomic mass is 9.98. The van der Waals surface area contributed by atoms with E-state index in [4.69, 9.17) is 11.6 Å². The normalized spacial score (nSPS) is 18.0. The molecule has 122 valence electrons. The molecule has 1 amide bonds. The number of piperidine rings is 1. The van der Waals surface area contributed by atoms with Crippen LogP contribution in [-0.4, -0.2) is 27.3 Å². The predicted molar refractivity (Wildman–Crippen MR) is 95.2 cm³/mol. The van der Waals surface area contributed by atoms with Crippen molar-refractivity contribution in [3.8, 4) is 0 Å². The van der Waals surface area contributed by atoms with E-state index in [9.17, 15) is 4.79 Å². The molecule has 1 N–H and O–H groups in total. The molecular formula is C19H18ClN3O. The number of likely N-dealkylation sites (tertiary alicyclic amines) is 1. The highest BCUT2D eigenvalue weighted by molar-refractivity contribution is 6.31. The summed E-state index contributed by atoms with van der Waals surface area (Å²) < 4.78 is 0. The van der Waals surface area contributed by atoms with Gasteiger partial charge >= 0.3 is 0 Å². The molecule has 0 aliphatic carbocycles. The number of aromatic amines is 1. The molecule has 1 unspecified atom stereocenters. The second kappa shape index (κ2) is 6.29. The maximum atomic E-state index is 13.1. The molecule has 1 aromatic carbocycles. The maximum Gasteiger partial charge on any atom is 0.270 e. The van der Waals surface area contributed by atoms with Crippen LogP contribution in [0.5, 0.6) is 0 Å². The molecule has 4 rings (SSSR count). The molecule has 1 aliphatic rings. The number of fused-ring (bicyclic) bond motifs is 1. The van der Waals surface area contributed by atoms with Gasteiger partial charge in [-0.25, -0.2) is 0 Å². The first-order valence-corrected chi connectivity index (χ1v) is 8.60. The number of carbonyl (C=O) groups excluding carboxylic acids is 1. The number of rotatable bonds is 2. The molecule has 0 spiro atoms. The van der Waals surface area contributed by atoms with Gasteiger partial charge in [-0.3, -0.25) is 9.78 Å². The van der Waals surface area contributed by atoms with E-state index in [2.05, 4.69) is 9.97 Å². The molecule has 1 atom stereocenters. The first kappa shape index (κ1) is 15.2. The topological polar surface area (TPSA) is 49.0 Å². The van der Waals surface area contributed by atoms with Gasteiger partial charge in [-0.15, -0.1) is 0 Å². The highest BCUT2D eigenvalue weighted by Crippen LogP contribution is 2.31. The van der Waals surface area contributed by atoms with Gasteiger partial charge in [0.05, 0.1) is 11.7 Å². The van der Waals surface area contributed by atoms with Gasteiger partial charge in [0.15, 0.2) is 0 Å². The van der Waals surface area contributed by atoms with Crippen LogP contribution in [0.15, 0.2) is 48.7 Å². The predicted octanol–water partition coefficient (Wildman–Crippen LogP) is 4.58. The largest absolute Gasteiger partial charge is 0.351 e. The number of halogens is 1. The van der Waals surface area contributed by atoms with Gasteiger partial charge in [-0.05, 0) is 55.7 Å². The fourth-order valence-electron chi connectivity index (χ4n) is 3.43. The van der Waals surface area contributed by atoms with Crippen LogP contribution in [0.1, 0.15) is 41.5 Å². The van der Waals surface area contributed by atoms with Crippen molar-refractivity contribution < 1.29 is 4.79 Å². The summed E-state index contributed by atoms with van der Waals surface area (Å²) >= 11 is 6.04. The summed E-state index contributed by atoms with van der Waals surface area (Å²) in [6, 6.07) is 13.4. The second-order valence-corrected chi connectivity index (χ2v) is 6.62. The van der Waals surface area contributed by atoms with Gasteiger partial charge in [0, 0.05) is 28.7 Å². The highest BCUT2D eigenvalue weighted by atomic mass is 35.5. The Labute approximate surface area is 145 Å². The van der Waals surface area contributed by atoms with Gasteiger partial charge in [0.25, 0.3) is 5.91 Å². The Morgan fingerprint density at radius 1 is 1.21 bits per heavy atom. The van der Waals surface area contributed by atoms with Crippen molar-refractivity contribution in [2.24, 2.45) is 0 Å². The van der Waals surface area contributed by atoms with E-state index < -0.39 is 0 Å². The van der Waals surface area contributed by atoms with Gasteiger partial charge in [-0.1, -0.05) is 17.7 Å². The number of nitrogens with one attached hydrogen (secondary N) is 1. The minimum Gasteiger partial charge on any atom is -0.351 e. The molecule has 1 aliphatic heterocycles. The van der Waals surface area contributed by atoms with Gasteiger partial charge in [-0.2, -0.15) is 0 Å². The zero-order chi connectivity index (χ0) is 16.5. The van der Waals surface area contributed by atoms with Gasteiger partial charge in [0.2, 0.25) is 0 Å². The number of hydrogen-bond donors (Lipinski definition) is 1. The van der Waals surface area contributed by atoms with Crippen molar-refractivity contribution in [3.63, 3.8) is 0 Å². The van der Waals surface area contributed by atoms with Crippen molar-refractivity contribution in [2.75, 3.05) is 6.54 Å². The Kier molecular flexibility index (Phi) is 3.98. The lowest BCUT2D eigenvalue weighted by Crippen LogP contribution is -2.39.